The van der Waals surface area contributed by atoms with Gasteiger partial charge in [0.25, 0.3) is 0 Å². The van der Waals surface area contributed by atoms with Gasteiger partial charge in [0.1, 0.15) is 0 Å². The molecule has 0 atom stereocenters. The Hall–Kier alpha value is -2.18. The Morgan fingerprint density at radius 1 is 0.862 bits per heavy atom. The lowest BCUT2D eigenvalue weighted by Crippen LogP contribution is -2.26. The Labute approximate surface area is 178 Å². The summed E-state index contributed by atoms with van der Waals surface area (Å²) in [4.78, 5) is 12.0. The number of carbonyl (C=O) groups excluding carboxylic acids is 1. The van der Waals surface area contributed by atoms with Crippen molar-refractivity contribution in [1.29, 1.82) is 0 Å². The highest BCUT2D eigenvalue weighted by atomic mass is 32.2. The lowest BCUT2D eigenvalue weighted by Gasteiger charge is -2.10. The Morgan fingerprint density at radius 2 is 1.62 bits per heavy atom. The lowest BCUT2D eigenvalue weighted by molar-refractivity contribution is -0.120. The number of ether oxygens (including phenoxy) is 2. The number of hydrogen-bond acceptors (Lipinski definition) is 5. The zero-order valence-electron chi connectivity index (χ0n) is 17.4. The van der Waals surface area contributed by atoms with Crippen LogP contribution >= 0.6 is 11.8 Å². The van der Waals surface area contributed by atoms with Gasteiger partial charge >= 0.3 is 0 Å². The van der Waals surface area contributed by atoms with Crippen LogP contribution in [0, 0.1) is 0 Å². The second kappa shape index (κ2) is 13.9. The quantitative estimate of drug-likeness (QED) is 0.463. The summed E-state index contributed by atoms with van der Waals surface area (Å²) in [5, 5.41) is 6.44. The maximum Gasteiger partial charge on any atom is 0.220 e. The average Bonchev–Trinajstić information content (AvgIpc) is 2.76. The minimum absolute atomic E-state index is 0.106. The van der Waals surface area contributed by atoms with Crippen LogP contribution in [-0.4, -0.2) is 51.3 Å². The number of benzene rings is 2. The third kappa shape index (κ3) is 9.24. The van der Waals surface area contributed by atoms with E-state index in [1.165, 1.54) is 5.56 Å². The summed E-state index contributed by atoms with van der Waals surface area (Å²) >= 11 is 1.81. The van der Waals surface area contributed by atoms with Crippen LogP contribution < -0.4 is 20.1 Å². The molecule has 0 heterocycles. The summed E-state index contributed by atoms with van der Waals surface area (Å²) in [7, 11) is 3.25. The average molecular weight is 417 g/mol. The van der Waals surface area contributed by atoms with Gasteiger partial charge in [0.05, 0.1) is 14.2 Å². The molecular weight excluding hydrogens is 384 g/mol. The van der Waals surface area contributed by atoms with Crippen LogP contribution in [0.15, 0.2) is 48.5 Å². The molecule has 1 amide bonds. The van der Waals surface area contributed by atoms with E-state index in [-0.39, 0.29) is 5.91 Å². The van der Waals surface area contributed by atoms with Crippen LogP contribution in [0.25, 0.3) is 0 Å². The maximum absolute atomic E-state index is 12.0. The molecule has 0 saturated carbocycles. The third-order valence-corrected chi connectivity index (χ3v) is 5.50. The van der Waals surface area contributed by atoms with Gasteiger partial charge < -0.3 is 20.1 Å². The minimum atomic E-state index is 0.106. The predicted molar refractivity (Wildman–Crippen MR) is 121 cm³/mol. The number of amides is 1. The number of thioether (sulfide) groups is 1. The molecule has 2 aromatic carbocycles. The van der Waals surface area contributed by atoms with E-state index in [4.69, 9.17) is 9.47 Å². The highest BCUT2D eigenvalue weighted by Crippen LogP contribution is 2.27. The predicted octanol–water partition coefficient (Wildman–Crippen LogP) is 3.32. The van der Waals surface area contributed by atoms with Crippen LogP contribution in [0.3, 0.4) is 0 Å². The van der Waals surface area contributed by atoms with E-state index in [9.17, 15) is 4.79 Å². The second-order valence-corrected chi connectivity index (χ2v) is 7.86. The first-order valence-electron chi connectivity index (χ1n) is 10.0. The molecule has 0 radical (unpaired) electrons. The highest BCUT2D eigenvalue weighted by Gasteiger charge is 2.05. The van der Waals surface area contributed by atoms with Crippen molar-refractivity contribution < 1.29 is 14.3 Å². The van der Waals surface area contributed by atoms with Gasteiger partial charge in [-0.15, -0.1) is 0 Å². The van der Waals surface area contributed by atoms with E-state index >= 15 is 0 Å². The molecule has 2 rings (SSSR count). The summed E-state index contributed by atoms with van der Waals surface area (Å²) < 4.78 is 10.5. The number of nitrogens with one attached hydrogen (secondary N) is 2. The van der Waals surface area contributed by atoms with Crippen molar-refractivity contribution in [3.8, 4) is 11.5 Å². The molecule has 158 valence electrons. The normalized spacial score (nSPS) is 10.6. The number of carbonyl (C=O) groups is 1. The monoisotopic (exact) mass is 416 g/mol. The van der Waals surface area contributed by atoms with Crippen molar-refractivity contribution in [1.82, 2.24) is 10.6 Å². The molecule has 0 saturated heterocycles. The van der Waals surface area contributed by atoms with Gasteiger partial charge in [0, 0.05) is 31.0 Å². The van der Waals surface area contributed by atoms with Crippen LogP contribution in [0.4, 0.5) is 0 Å². The molecule has 0 aliphatic heterocycles. The number of hydrogen-bond donors (Lipinski definition) is 2. The molecule has 2 N–H and O–H groups in total. The Kier molecular flexibility index (Phi) is 11.1. The Morgan fingerprint density at radius 3 is 2.38 bits per heavy atom. The van der Waals surface area contributed by atoms with Crippen molar-refractivity contribution in [3.05, 3.63) is 59.7 Å². The van der Waals surface area contributed by atoms with E-state index in [2.05, 4.69) is 34.9 Å². The fourth-order valence-corrected chi connectivity index (χ4v) is 3.71. The largest absolute Gasteiger partial charge is 0.493 e. The van der Waals surface area contributed by atoms with Gasteiger partial charge in [0.15, 0.2) is 11.5 Å². The van der Waals surface area contributed by atoms with Crippen molar-refractivity contribution in [2.24, 2.45) is 0 Å². The van der Waals surface area contributed by atoms with E-state index in [1.54, 1.807) is 14.2 Å². The molecule has 2 aromatic rings. The molecule has 0 fully saturated rings. The standard InChI is InChI=1S/C23H32N2O3S/c1-27-21-9-8-20(18-22(21)28-2)11-14-25-23(26)12-16-29-17-15-24-13-10-19-6-4-3-5-7-19/h3-9,18,24H,10-17H2,1-2H3,(H,25,26). The van der Waals surface area contributed by atoms with Crippen molar-refractivity contribution in [2.75, 3.05) is 45.4 Å². The summed E-state index contributed by atoms with van der Waals surface area (Å²) in [5.41, 5.74) is 2.47. The van der Waals surface area contributed by atoms with Gasteiger partial charge in [-0.05, 0) is 42.6 Å². The number of rotatable bonds is 14. The van der Waals surface area contributed by atoms with Crippen molar-refractivity contribution in [2.45, 2.75) is 19.3 Å². The fraction of sp³-hybridized carbons (Fsp3) is 0.435. The van der Waals surface area contributed by atoms with Crippen molar-refractivity contribution >= 4 is 17.7 Å². The van der Waals surface area contributed by atoms with Gasteiger partial charge in [0.2, 0.25) is 5.91 Å². The van der Waals surface area contributed by atoms with Crippen LogP contribution in [0.2, 0.25) is 0 Å². The topological polar surface area (TPSA) is 59.6 Å². The van der Waals surface area contributed by atoms with E-state index in [1.807, 2.05) is 36.0 Å². The zero-order chi connectivity index (χ0) is 20.7. The Bertz CT molecular complexity index is 725. The summed E-state index contributed by atoms with van der Waals surface area (Å²) in [6.45, 7) is 2.58. The molecule has 0 unspecified atom stereocenters. The summed E-state index contributed by atoms with van der Waals surface area (Å²) in [6.07, 6.45) is 2.37. The van der Waals surface area contributed by atoms with Crippen LogP contribution in [0.5, 0.6) is 11.5 Å². The minimum Gasteiger partial charge on any atom is -0.493 e. The molecule has 0 spiro atoms. The SMILES string of the molecule is COc1ccc(CCNC(=O)CCSCCNCCc2ccccc2)cc1OC. The first-order chi connectivity index (χ1) is 14.2. The van der Waals surface area contributed by atoms with Gasteiger partial charge in [-0.3, -0.25) is 4.79 Å². The molecule has 0 aliphatic rings. The van der Waals surface area contributed by atoms with E-state index in [0.29, 0.717) is 24.5 Å². The van der Waals surface area contributed by atoms with E-state index in [0.717, 1.165) is 43.0 Å². The molecular formula is C23H32N2O3S. The van der Waals surface area contributed by atoms with Crippen LogP contribution in [0.1, 0.15) is 17.5 Å². The first kappa shape index (κ1) is 23.1. The van der Waals surface area contributed by atoms with Crippen LogP contribution in [-0.2, 0) is 17.6 Å². The molecule has 5 nitrogen and oxygen atoms in total. The molecule has 0 bridgehead atoms. The lowest BCUT2D eigenvalue weighted by atomic mass is 10.1. The zero-order valence-corrected chi connectivity index (χ0v) is 18.2. The fourth-order valence-electron chi connectivity index (χ4n) is 2.88. The van der Waals surface area contributed by atoms with Gasteiger partial charge in [-0.1, -0.05) is 36.4 Å². The summed E-state index contributed by atoms with van der Waals surface area (Å²) in [5.74, 6) is 3.41. The smallest absolute Gasteiger partial charge is 0.220 e. The van der Waals surface area contributed by atoms with Gasteiger partial charge in [-0.2, -0.15) is 11.8 Å². The van der Waals surface area contributed by atoms with Gasteiger partial charge in [-0.25, -0.2) is 0 Å². The second-order valence-electron chi connectivity index (χ2n) is 6.64. The number of methoxy groups -OCH3 is 2. The Balaban J connectivity index is 1.47. The molecule has 29 heavy (non-hydrogen) atoms. The maximum atomic E-state index is 12.0. The summed E-state index contributed by atoms with van der Waals surface area (Å²) in [6, 6.07) is 16.3. The first-order valence-corrected chi connectivity index (χ1v) is 11.2. The molecule has 6 heteroatoms. The molecule has 0 aliphatic carbocycles. The van der Waals surface area contributed by atoms with E-state index < -0.39 is 0 Å². The molecule has 0 aromatic heterocycles. The van der Waals surface area contributed by atoms with Crippen molar-refractivity contribution in [3.63, 3.8) is 0 Å². The highest BCUT2D eigenvalue weighted by molar-refractivity contribution is 7.99. The third-order valence-electron chi connectivity index (χ3n) is 4.51.